The zero-order chi connectivity index (χ0) is 15.5. The van der Waals surface area contributed by atoms with Crippen molar-refractivity contribution in [3.63, 3.8) is 0 Å². The van der Waals surface area contributed by atoms with Crippen LogP contribution in [-0.2, 0) is 11.5 Å². The Hall–Kier alpha value is -3.09. The van der Waals surface area contributed by atoms with Crippen LogP contribution in [0.25, 0.3) is 22.3 Å². The molecule has 7 heteroatoms. The number of aromatic nitrogens is 3. The summed E-state index contributed by atoms with van der Waals surface area (Å²) in [5.74, 6) is -0.192. The third-order valence-electron chi connectivity index (χ3n) is 3.20. The normalized spacial score (nSPS) is 10.6. The van der Waals surface area contributed by atoms with Gasteiger partial charge in [0.2, 0.25) is 5.91 Å². The maximum absolute atomic E-state index is 11.9. The molecule has 3 rings (SSSR count). The van der Waals surface area contributed by atoms with E-state index < -0.39 is 5.63 Å². The number of H-pyrrole nitrogens is 1. The van der Waals surface area contributed by atoms with Crippen LogP contribution in [-0.4, -0.2) is 20.8 Å². The predicted octanol–water partition coefficient (Wildman–Crippen LogP) is 1.59. The molecule has 0 atom stereocenters. The van der Waals surface area contributed by atoms with Crippen LogP contribution in [0.1, 0.15) is 6.92 Å². The van der Waals surface area contributed by atoms with Crippen LogP contribution in [0.2, 0.25) is 0 Å². The third kappa shape index (κ3) is 2.83. The highest BCUT2D eigenvalue weighted by Crippen LogP contribution is 2.22. The first-order valence-corrected chi connectivity index (χ1v) is 6.68. The van der Waals surface area contributed by atoms with Crippen molar-refractivity contribution in [2.45, 2.75) is 13.6 Å². The van der Waals surface area contributed by atoms with E-state index in [4.69, 9.17) is 4.52 Å². The molecule has 0 aliphatic heterocycles. The van der Waals surface area contributed by atoms with Crippen LogP contribution in [0.5, 0.6) is 0 Å². The molecule has 2 N–H and O–H groups in total. The van der Waals surface area contributed by atoms with Gasteiger partial charge >= 0.3 is 5.63 Å². The van der Waals surface area contributed by atoms with Crippen LogP contribution < -0.4 is 10.9 Å². The predicted molar refractivity (Wildman–Crippen MR) is 79.8 cm³/mol. The standard InChI is InChI=1S/C15H14N4O3/c1-10(20)16-9-19-8-14(15(21)22-19)12-4-2-11(3-5-12)13-6-17-18-7-13/h2-8H,9H2,1H3,(H,16,20)(H,17,18). The van der Waals surface area contributed by atoms with Crippen LogP contribution >= 0.6 is 0 Å². The molecule has 0 aliphatic rings. The highest BCUT2D eigenvalue weighted by Gasteiger charge is 2.10. The minimum absolute atomic E-state index is 0.123. The monoisotopic (exact) mass is 298 g/mol. The number of hydrogen-bond acceptors (Lipinski definition) is 4. The molecule has 0 radical (unpaired) electrons. The molecular formula is C15H14N4O3. The van der Waals surface area contributed by atoms with E-state index in [2.05, 4.69) is 15.5 Å². The van der Waals surface area contributed by atoms with Gasteiger partial charge in [0.25, 0.3) is 0 Å². The lowest BCUT2D eigenvalue weighted by Gasteiger charge is -2.00. The Morgan fingerprint density at radius 3 is 2.64 bits per heavy atom. The van der Waals surface area contributed by atoms with Crippen molar-refractivity contribution >= 4 is 5.91 Å². The van der Waals surface area contributed by atoms with Crippen LogP contribution in [0, 0.1) is 0 Å². The van der Waals surface area contributed by atoms with Gasteiger partial charge < -0.3 is 9.84 Å². The molecule has 3 aromatic rings. The number of nitrogens with zero attached hydrogens (tertiary/aromatic N) is 2. The molecule has 0 saturated heterocycles. The molecular weight excluding hydrogens is 284 g/mol. The number of benzene rings is 1. The van der Waals surface area contributed by atoms with E-state index >= 15 is 0 Å². The largest absolute Gasteiger partial charge is 0.365 e. The van der Waals surface area contributed by atoms with Gasteiger partial charge in [0, 0.05) is 18.7 Å². The topological polar surface area (TPSA) is 92.9 Å². The van der Waals surface area contributed by atoms with Gasteiger partial charge in [0.15, 0.2) is 0 Å². The van der Waals surface area contributed by atoms with Gasteiger partial charge in [-0.3, -0.25) is 9.89 Å². The van der Waals surface area contributed by atoms with Crippen molar-refractivity contribution in [3.05, 3.63) is 53.3 Å². The molecule has 0 fully saturated rings. The van der Waals surface area contributed by atoms with Crippen molar-refractivity contribution in [3.8, 4) is 22.3 Å². The summed E-state index contributed by atoms with van der Waals surface area (Å²) in [6, 6.07) is 7.50. The summed E-state index contributed by atoms with van der Waals surface area (Å²) in [7, 11) is 0. The summed E-state index contributed by atoms with van der Waals surface area (Å²) in [5, 5.41) is 9.22. The van der Waals surface area contributed by atoms with Crippen LogP contribution in [0.15, 0.2) is 52.2 Å². The first-order valence-electron chi connectivity index (χ1n) is 6.68. The smallest absolute Gasteiger partial charge is 0.336 e. The second kappa shape index (κ2) is 5.72. The molecule has 1 aromatic carbocycles. The number of amides is 1. The Kier molecular flexibility index (Phi) is 3.61. The van der Waals surface area contributed by atoms with Gasteiger partial charge in [-0.15, -0.1) is 0 Å². The molecule has 7 nitrogen and oxygen atoms in total. The summed E-state index contributed by atoms with van der Waals surface area (Å²) < 4.78 is 6.35. The number of hydrogen-bond donors (Lipinski definition) is 2. The molecule has 112 valence electrons. The third-order valence-corrected chi connectivity index (χ3v) is 3.20. The van der Waals surface area contributed by atoms with E-state index in [1.807, 2.05) is 24.3 Å². The van der Waals surface area contributed by atoms with Crippen molar-refractivity contribution < 1.29 is 9.32 Å². The SMILES string of the molecule is CC(=O)NCn1cc(-c2ccc(-c3cn[nH]c3)cc2)c(=O)o1. The van der Waals surface area contributed by atoms with E-state index in [1.54, 1.807) is 18.6 Å². The molecule has 2 heterocycles. The second-order valence-corrected chi connectivity index (χ2v) is 4.79. The fourth-order valence-corrected chi connectivity index (χ4v) is 2.09. The molecule has 0 aliphatic carbocycles. The first-order chi connectivity index (χ1) is 10.6. The summed E-state index contributed by atoms with van der Waals surface area (Å²) in [4.78, 5) is 22.8. The second-order valence-electron chi connectivity index (χ2n) is 4.79. The molecule has 2 aromatic heterocycles. The minimum atomic E-state index is -0.443. The molecule has 0 unspecified atom stereocenters. The van der Waals surface area contributed by atoms with Gasteiger partial charge in [0.1, 0.15) is 6.67 Å². The molecule has 0 bridgehead atoms. The molecule has 0 spiro atoms. The highest BCUT2D eigenvalue weighted by atomic mass is 16.5. The van der Waals surface area contributed by atoms with Crippen molar-refractivity contribution in [2.75, 3.05) is 0 Å². The minimum Gasteiger partial charge on any atom is -0.336 e. The highest BCUT2D eigenvalue weighted by molar-refractivity contribution is 5.72. The Bertz CT molecular complexity index is 829. The Labute approximate surface area is 125 Å². The molecule has 0 saturated carbocycles. The summed E-state index contributed by atoms with van der Waals surface area (Å²) in [6.45, 7) is 1.52. The maximum Gasteiger partial charge on any atom is 0.365 e. The number of carbonyl (C=O) groups is 1. The first kappa shape index (κ1) is 13.9. The van der Waals surface area contributed by atoms with E-state index in [0.717, 1.165) is 16.7 Å². The van der Waals surface area contributed by atoms with Crippen molar-refractivity contribution in [2.24, 2.45) is 0 Å². The van der Waals surface area contributed by atoms with Gasteiger partial charge in [-0.1, -0.05) is 24.3 Å². The van der Waals surface area contributed by atoms with Crippen LogP contribution in [0.4, 0.5) is 0 Å². The lowest BCUT2D eigenvalue weighted by molar-refractivity contribution is -0.119. The zero-order valence-corrected chi connectivity index (χ0v) is 11.9. The van der Waals surface area contributed by atoms with Crippen LogP contribution in [0.3, 0.4) is 0 Å². The summed E-state index contributed by atoms with van der Waals surface area (Å²) in [5.41, 5.74) is 2.73. The van der Waals surface area contributed by atoms with Crippen molar-refractivity contribution in [1.82, 2.24) is 20.3 Å². The maximum atomic E-state index is 11.9. The summed E-state index contributed by atoms with van der Waals surface area (Å²) >= 11 is 0. The van der Waals surface area contributed by atoms with Gasteiger partial charge in [-0.05, 0) is 11.1 Å². The Morgan fingerprint density at radius 1 is 1.27 bits per heavy atom. The number of rotatable bonds is 4. The number of carbonyl (C=O) groups excluding carboxylic acids is 1. The average Bonchev–Trinajstić information content (AvgIpc) is 3.15. The molecule has 1 amide bonds. The lowest BCUT2D eigenvalue weighted by atomic mass is 10.0. The molecule has 22 heavy (non-hydrogen) atoms. The number of nitrogens with one attached hydrogen (secondary N) is 2. The Balaban J connectivity index is 1.85. The van der Waals surface area contributed by atoms with Gasteiger partial charge in [0.05, 0.1) is 18.0 Å². The fraction of sp³-hybridized carbons (Fsp3) is 0.133. The zero-order valence-electron chi connectivity index (χ0n) is 11.9. The van der Waals surface area contributed by atoms with E-state index in [-0.39, 0.29) is 12.6 Å². The average molecular weight is 298 g/mol. The van der Waals surface area contributed by atoms with Gasteiger partial charge in [-0.25, -0.2) is 4.79 Å². The summed E-state index contributed by atoms with van der Waals surface area (Å²) in [6.07, 6.45) is 5.10. The lowest BCUT2D eigenvalue weighted by Crippen LogP contribution is -2.22. The van der Waals surface area contributed by atoms with Gasteiger partial charge in [-0.2, -0.15) is 9.84 Å². The van der Waals surface area contributed by atoms with E-state index in [1.165, 1.54) is 11.7 Å². The fourth-order valence-electron chi connectivity index (χ4n) is 2.09. The van der Waals surface area contributed by atoms with E-state index in [0.29, 0.717) is 5.56 Å². The number of aromatic amines is 1. The van der Waals surface area contributed by atoms with E-state index in [9.17, 15) is 9.59 Å². The van der Waals surface area contributed by atoms with Crippen molar-refractivity contribution in [1.29, 1.82) is 0 Å². The quantitative estimate of drug-likeness (QED) is 0.765. The Morgan fingerprint density at radius 2 is 2.00 bits per heavy atom.